The van der Waals surface area contributed by atoms with E-state index in [0.717, 1.165) is 16.1 Å². The molecule has 0 unspecified atom stereocenters. The van der Waals surface area contributed by atoms with E-state index in [9.17, 15) is 13.2 Å². The average Bonchev–Trinajstić information content (AvgIpc) is 3.20. The van der Waals surface area contributed by atoms with E-state index in [4.69, 9.17) is 20.8 Å². The van der Waals surface area contributed by atoms with Gasteiger partial charge in [0.05, 0.1) is 15.7 Å². The Hall–Kier alpha value is -2.60. The van der Waals surface area contributed by atoms with Gasteiger partial charge in [0.1, 0.15) is 5.75 Å². The van der Waals surface area contributed by atoms with Crippen molar-refractivity contribution in [3.63, 3.8) is 0 Å². The van der Waals surface area contributed by atoms with Crippen LogP contribution in [0.4, 0.5) is 5.69 Å². The van der Waals surface area contributed by atoms with E-state index in [1.165, 1.54) is 26.2 Å². The summed E-state index contributed by atoms with van der Waals surface area (Å²) in [4.78, 5) is 12.3. The lowest BCUT2D eigenvalue weighted by molar-refractivity contribution is -0.113. The molecule has 1 N–H and O–H groups in total. The number of para-hydroxylation sites is 1. The molecule has 9 nitrogen and oxygen atoms in total. The second-order valence-electron chi connectivity index (χ2n) is 6.33. The fraction of sp³-hybridized carbons (Fsp3) is 0.211. The summed E-state index contributed by atoms with van der Waals surface area (Å²) in [5.41, 5.74) is 0.368. The number of carbonyl (C=O) groups excluding carboxylic acids is 1. The summed E-state index contributed by atoms with van der Waals surface area (Å²) in [7, 11) is -0.713. The maximum atomic E-state index is 12.2. The van der Waals surface area contributed by atoms with Gasteiger partial charge >= 0.3 is 0 Å². The maximum absolute atomic E-state index is 12.2. The Balaban J connectivity index is 1.52. The van der Waals surface area contributed by atoms with Crippen molar-refractivity contribution in [2.24, 2.45) is 0 Å². The van der Waals surface area contributed by atoms with E-state index in [1.807, 2.05) is 0 Å². The van der Waals surface area contributed by atoms with E-state index in [0.29, 0.717) is 16.5 Å². The first kappa shape index (κ1) is 23.1. The van der Waals surface area contributed by atoms with Gasteiger partial charge in [0.25, 0.3) is 11.1 Å². The topological polar surface area (TPSA) is 115 Å². The van der Waals surface area contributed by atoms with Crippen molar-refractivity contribution in [2.45, 2.75) is 16.7 Å². The van der Waals surface area contributed by atoms with Gasteiger partial charge in [0.15, 0.2) is 6.61 Å². The Kier molecular flexibility index (Phi) is 7.55. The van der Waals surface area contributed by atoms with Gasteiger partial charge in [-0.1, -0.05) is 41.6 Å². The number of aromatic nitrogens is 2. The van der Waals surface area contributed by atoms with Crippen molar-refractivity contribution < 1.29 is 22.4 Å². The van der Waals surface area contributed by atoms with E-state index in [-0.39, 0.29) is 34.3 Å². The Bertz CT molecular complexity index is 1170. The number of ether oxygens (including phenoxy) is 1. The van der Waals surface area contributed by atoms with Crippen molar-refractivity contribution >= 4 is 45.0 Å². The molecule has 1 heterocycles. The number of carbonyl (C=O) groups is 1. The molecular weight excluding hydrogens is 464 g/mol. The summed E-state index contributed by atoms with van der Waals surface area (Å²) in [5, 5.41) is 11.1. The van der Waals surface area contributed by atoms with Gasteiger partial charge in [-0.15, -0.1) is 10.2 Å². The molecule has 3 aromatic rings. The third-order valence-electron chi connectivity index (χ3n) is 3.86. The Morgan fingerprint density at radius 2 is 1.97 bits per heavy atom. The molecule has 0 saturated heterocycles. The molecule has 0 atom stereocenters. The molecule has 164 valence electrons. The third-order valence-corrected chi connectivity index (χ3v) is 6.80. The lowest BCUT2D eigenvalue weighted by atomic mass is 10.3. The molecule has 12 heteroatoms. The quantitative estimate of drug-likeness (QED) is 0.462. The molecule has 0 saturated carbocycles. The standard InChI is InChI=1S/C19H19ClN4O5S2/c1-24(2)31(26,27)14-7-5-6-13(10-14)21-17(25)12-30-19-23-22-18(29-19)11-28-16-9-4-3-8-15(16)20/h3-10H,11-12H2,1-2H3,(H,21,25). The number of nitrogens with zero attached hydrogens (tertiary/aromatic N) is 3. The van der Waals surface area contributed by atoms with Gasteiger partial charge in [0, 0.05) is 19.8 Å². The molecule has 0 aliphatic rings. The number of hydrogen-bond acceptors (Lipinski definition) is 8. The van der Waals surface area contributed by atoms with Crippen LogP contribution in [0, 0.1) is 0 Å². The minimum atomic E-state index is -3.59. The van der Waals surface area contributed by atoms with E-state index in [2.05, 4.69) is 15.5 Å². The Morgan fingerprint density at radius 3 is 2.71 bits per heavy atom. The summed E-state index contributed by atoms with van der Waals surface area (Å²) in [6.45, 7) is 0.0383. The molecule has 0 bridgehead atoms. The minimum Gasteiger partial charge on any atom is -0.482 e. The molecular formula is C19H19ClN4O5S2. The van der Waals surface area contributed by atoms with Gasteiger partial charge in [-0.25, -0.2) is 12.7 Å². The zero-order chi connectivity index (χ0) is 22.4. The van der Waals surface area contributed by atoms with Gasteiger partial charge in [-0.05, 0) is 30.3 Å². The second kappa shape index (κ2) is 10.1. The average molecular weight is 483 g/mol. The van der Waals surface area contributed by atoms with Gasteiger partial charge in [-0.2, -0.15) is 0 Å². The highest BCUT2D eigenvalue weighted by atomic mass is 35.5. The van der Waals surface area contributed by atoms with Crippen LogP contribution in [0.2, 0.25) is 5.02 Å². The largest absolute Gasteiger partial charge is 0.482 e. The van der Waals surface area contributed by atoms with Crippen molar-refractivity contribution in [1.29, 1.82) is 0 Å². The van der Waals surface area contributed by atoms with E-state index < -0.39 is 10.0 Å². The van der Waals surface area contributed by atoms with Crippen LogP contribution in [-0.2, 0) is 21.4 Å². The number of anilines is 1. The Labute approximate surface area is 188 Å². The number of rotatable bonds is 9. The molecule has 0 fully saturated rings. The predicted molar refractivity (Wildman–Crippen MR) is 117 cm³/mol. The lowest BCUT2D eigenvalue weighted by Crippen LogP contribution is -2.22. The molecule has 3 rings (SSSR count). The highest BCUT2D eigenvalue weighted by Gasteiger charge is 2.18. The highest BCUT2D eigenvalue weighted by molar-refractivity contribution is 7.99. The predicted octanol–water partition coefficient (Wildman–Crippen LogP) is 3.28. The number of amides is 1. The number of benzene rings is 2. The number of thioether (sulfide) groups is 1. The molecule has 0 aliphatic heterocycles. The van der Waals surface area contributed by atoms with Crippen LogP contribution < -0.4 is 10.1 Å². The van der Waals surface area contributed by atoms with Crippen molar-refractivity contribution in [3.05, 3.63) is 59.4 Å². The number of nitrogens with one attached hydrogen (secondary N) is 1. The maximum Gasteiger partial charge on any atom is 0.277 e. The molecule has 2 aromatic carbocycles. The summed E-state index contributed by atoms with van der Waals surface area (Å²) in [5.74, 6) is 0.382. The second-order valence-corrected chi connectivity index (χ2v) is 9.82. The molecule has 0 spiro atoms. The smallest absolute Gasteiger partial charge is 0.277 e. The molecule has 0 aliphatic carbocycles. The molecule has 31 heavy (non-hydrogen) atoms. The first-order valence-electron chi connectivity index (χ1n) is 8.90. The minimum absolute atomic E-state index is 0.00232. The van der Waals surface area contributed by atoms with Crippen LogP contribution >= 0.6 is 23.4 Å². The summed E-state index contributed by atoms with van der Waals surface area (Å²) in [6, 6.07) is 13.0. The van der Waals surface area contributed by atoms with Crippen LogP contribution in [0.1, 0.15) is 5.89 Å². The fourth-order valence-electron chi connectivity index (χ4n) is 2.33. The fourth-order valence-corrected chi connectivity index (χ4v) is 4.04. The van der Waals surface area contributed by atoms with E-state index >= 15 is 0 Å². The van der Waals surface area contributed by atoms with Crippen LogP contribution in [0.15, 0.2) is 63.1 Å². The van der Waals surface area contributed by atoms with Gasteiger partial charge in [-0.3, -0.25) is 4.79 Å². The lowest BCUT2D eigenvalue weighted by Gasteiger charge is -2.12. The van der Waals surface area contributed by atoms with Crippen molar-refractivity contribution in [2.75, 3.05) is 25.2 Å². The monoisotopic (exact) mass is 482 g/mol. The Morgan fingerprint density at radius 1 is 1.19 bits per heavy atom. The molecule has 0 radical (unpaired) electrons. The van der Waals surface area contributed by atoms with Crippen molar-refractivity contribution in [1.82, 2.24) is 14.5 Å². The third kappa shape index (κ3) is 6.20. The number of sulfonamides is 1. The molecule has 1 aromatic heterocycles. The molecule has 1 amide bonds. The zero-order valence-electron chi connectivity index (χ0n) is 16.6. The van der Waals surface area contributed by atoms with Crippen LogP contribution in [0.3, 0.4) is 0 Å². The first-order valence-corrected chi connectivity index (χ1v) is 11.7. The summed E-state index contributed by atoms with van der Waals surface area (Å²) in [6.07, 6.45) is 0. The number of halogens is 1. The van der Waals surface area contributed by atoms with Crippen LogP contribution in [0.5, 0.6) is 5.75 Å². The van der Waals surface area contributed by atoms with Crippen LogP contribution in [-0.4, -0.2) is 48.7 Å². The highest BCUT2D eigenvalue weighted by Crippen LogP contribution is 2.25. The van der Waals surface area contributed by atoms with Crippen LogP contribution in [0.25, 0.3) is 0 Å². The SMILES string of the molecule is CN(C)S(=O)(=O)c1cccc(NC(=O)CSc2nnc(COc3ccccc3Cl)o2)c1. The van der Waals surface area contributed by atoms with Crippen molar-refractivity contribution in [3.8, 4) is 5.75 Å². The van der Waals surface area contributed by atoms with Gasteiger partial charge in [0.2, 0.25) is 15.9 Å². The first-order chi connectivity index (χ1) is 14.8. The van der Waals surface area contributed by atoms with Gasteiger partial charge < -0.3 is 14.5 Å². The number of hydrogen-bond donors (Lipinski definition) is 1. The zero-order valence-corrected chi connectivity index (χ0v) is 19.0. The summed E-state index contributed by atoms with van der Waals surface area (Å²) >= 11 is 7.07. The summed E-state index contributed by atoms with van der Waals surface area (Å²) < 4.78 is 36.5. The van der Waals surface area contributed by atoms with E-state index in [1.54, 1.807) is 36.4 Å². The normalized spacial score (nSPS) is 11.5.